The molecule has 1 unspecified atom stereocenters. The van der Waals surface area contributed by atoms with Crippen LogP contribution in [0, 0.1) is 0 Å². The van der Waals surface area contributed by atoms with Crippen molar-refractivity contribution >= 4 is 17.5 Å². The van der Waals surface area contributed by atoms with Crippen LogP contribution < -0.4 is 10.6 Å². The summed E-state index contributed by atoms with van der Waals surface area (Å²) in [5.74, 6) is 0.107. The van der Waals surface area contributed by atoms with Crippen molar-refractivity contribution < 1.29 is 0 Å². The van der Waals surface area contributed by atoms with Crippen LogP contribution in [0.5, 0.6) is 0 Å². The van der Waals surface area contributed by atoms with Crippen molar-refractivity contribution in [2.24, 2.45) is 0 Å². The molecule has 0 fully saturated rings. The highest BCUT2D eigenvalue weighted by atomic mass is 14.8. The van der Waals surface area contributed by atoms with Gasteiger partial charge in [0.1, 0.15) is 0 Å². The Kier molecular flexibility index (Phi) is 6.87. The first kappa shape index (κ1) is 28.2. The van der Waals surface area contributed by atoms with Crippen molar-refractivity contribution in [3.05, 3.63) is 185 Å². The summed E-state index contributed by atoms with van der Waals surface area (Å²) in [7, 11) is 4.04. The van der Waals surface area contributed by atoms with Crippen LogP contribution in [0.3, 0.4) is 0 Å². The first-order chi connectivity index (χ1) is 22.6. The van der Waals surface area contributed by atoms with Gasteiger partial charge in [0.25, 0.3) is 0 Å². The standard InChI is InChI=1S/C44H38N2/c1-29-26-31-16-13-21-36(30-14-7-4-8-15-30)41(31)42(29)44(32-17-9-5-10-18-32,33-19-11-6-12-20-33)43-39-27-34(45-2)22-24-37(39)38-25-23-35(46-3)28-40(38)43/h4-28,42-43,45-46H,1-3H3. The smallest absolute Gasteiger partial charge is 0.0418 e. The van der Waals surface area contributed by atoms with Crippen molar-refractivity contribution in [2.45, 2.75) is 24.2 Å². The summed E-state index contributed by atoms with van der Waals surface area (Å²) in [6.07, 6.45) is 2.44. The molecule has 2 aliphatic rings. The lowest BCUT2D eigenvalue weighted by atomic mass is 9.54. The molecule has 0 aliphatic heterocycles. The second-order valence-corrected chi connectivity index (χ2v) is 12.6. The molecule has 2 nitrogen and oxygen atoms in total. The second kappa shape index (κ2) is 11.2. The third-order valence-corrected chi connectivity index (χ3v) is 10.4. The Balaban J connectivity index is 1.55. The summed E-state index contributed by atoms with van der Waals surface area (Å²) in [5, 5.41) is 6.92. The third kappa shape index (κ3) is 4.17. The topological polar surface area (TPSA) is 24.1 Å². The maximum Gasteiger partial charge on any atom is 0.0418 e. The van der Waals surface area contributed by atoms with Gasteiger partial charge in [0.2, 0.25) is 0 Å². The van der Waals surface area contributed by atoms with Crippen LogP contribution in [0.25, 0.3) is 28.3 Å². The summed E-state index contributed by atoms with van der Waals surface area (Å²) >= 11 is 0. The number of hydrogen-bond donors (Lipinski definition) is 2. The summed E-state index contributed by atoms with van der Waals surface area (Å²) in [5.41, 5.74) is 16.4. The van der Waals surface area contributed by atoms with Crippen LogP contribution >= 0.6 is 0 Å². The molecular formula is C44H38N2. The fourth-order valence-corrected chi connectivity index (χ4v) is 8.53. The Labute approximate surface area is 272 Å². The van der Waals surface area contributed by atoms with E-state index in [4.69, 9.17) is 0 Å². The maximum absolute atomic E-state index is 3.46. The molecule has 1 atom stereocenters. The van der Waals surface area contributed by atoms with Crippen LogP contribution in [-0.4, -0.2) is 14.1 Å². The highest BCUT2D eigenvalue weighted by Gasteiger charge is 2.55. The van der Waals surface area contributed by atoms with Gasteiger partial charge in [0, 0.05) is 42.7 Å². The molecule has 0 radical (unpaired) electrons. The van der Waals surface area contributed by atoms with E-state index in [0.29, 0.717) is 0 Å². The van der Waals surface area contributed by atoms with E-state index in [1.54, 1.807) is 0 Å². The van der Waals surface area contributed by atoms with E-state index in [-0.39, 0.29) is 11.8 Å². The Morgan fingerprint density at radius 2 is 1.02 bits per heavy atom. The lowest BCUT2D eigenvalue weighted by Crippen LogP contribution is -2.41. The van der Waals surface area contributed by atoms with Gasteiger partial charge in [-0.05, 0) is 86.8 Å². The van der Waals surface area contributed by atoms with E-state index in [9.17, 15) is 0 Å². The van der Waals surface area contributed by atoms with E-state index in [1.165, 1.54) is 61.2 Å². The van der Waals surface area contributed by atoms with Gasteiger partial charge in [-0.3, -0.25) is 0 Å². The van der Waals surface area contributed by atoms with Crippen molar-refractivity contribution in [3.63, 3.8) is 0 Å². The minimum Gasteiger partial charge on any atom is -0.388 e. The van der Waals surface area contributed by atoms with Gasteiger partial charge in [-0.1, -0.05) is 133 Å². The van der Waals surface area contributed by atoms with Gasteiger partial charge in [-0.15, -0.1) is 0 Å². The Bertz CT molecular complexity index is 1980. The monoisotopic (exact) mass is 594 g/mol. The Morgan fingerprint density at radius 1 is 0.500 bits per heavy atom. The van der Waals surface area contributed by atoms with Crippen molar-refractivity contribution in [1.29, 1.82) is 0 Å². The number of nitrogens with one attached hydrogen (secondary N) is 2. The van der Waals surface area contributed by atoms with Gasteiger partial charge >= 0.3 is 0 Å². The quantitative estimate of drug-likeness (QED) is 0.192. The van der Waals surface area contributed by atoms with Gasteiger partial charge in [-0.25, -0.2) is 0 Å². The molecule has 2 N–H and O–H groups in total. The van der Waals surface area contributed by atoms with Crippen molar-refractivity contribution in [2.75, 3.05) is 24.7 Å². The SMILES string of the molecule is CNc1ccc2c(c1)C(C(c1ccccc1)(c1ccccc1)C1C(C)=Cc3cccc(-c4ccccc4)c31)c1cc(NC)ccc1-2. The van der Waals surface area contributed by atoms with E-state index >= 15 is 0 Å². The summed E-state index contributed by atoms with van der Waals surface area (Å²) in [4.78, 5) is 0. The van der Waals surface area contributed by atoms with Crippen LogP contribution in [0.2, 0.25) is 0 Å². The summed E-state index contributed by atoms with van der Waals surface area (Å²) in [6, 6.07) is 54.3. The van der Waals surface area contributed by atoms with E-state index in [1.807, 2.05) is 14.1 Å². The Hall–Kier alpha value is -5.34. The number of allylic oxidation sites excluding steroid dienone is 1. The minimum absolute atomic E-state index is 0.0343. The van der Waals surface area contributed by atoms with Crippen LogP contribution in [-0.2, 0) is 5.41 Å². The van der Waals surface area contributed by atoms with Crippen LogP contribution in [0.4, 0.5) is 11.4 Å². The highest BCUT2D eigenvalue weighted by molar-refractivity contribution is 5.86. The molecule has 46 heavy (non-hydrogen) atoms. The van der Waals surface area contributed by atoms with Gasteiger partial charge < -0.3 is 10.6 Å². The zero-order valence-corrected chi connectivity index (χ0v) is 26.6. The average molecular weight is 595 g/mol. The zero-order valence-electron chi connectivity index (χ0n) is 26.6. The number of rotatable bonds is 7. The van der Waals surface area contributed by atoms with Gasteiger partial charge in [0.05, 0.1) is 0 Å². The maximum atomic E-state index is 3.46. The molecule has 224 valence electrons. The van der Waals surface area contributed by atoms with E-state index in [2.05, 4.69) is 169 Å². The molecule has 0 saturated heterocycles. The summed E-state index contributed by atoms with van der Waals surface area (Å²) < 4.78 is 0. The first-order valence-corrected chi connectivity index (χ1v) is 16.3. The average Bonchev–Trinajstić information content (AvgIpc) is 3.64. The molecule has 8 rings (SSSR count). The number of hydrogen-bond acceptors (Lipinski definition) is 2. The molecule has 2 aliphatic carbocycles. The molecule has 6 aromatic carbocycles. The molecule has 0 aromatic heterocycles. The molecular weight excluding hydrogens is 556 g/mol. The fourth-order valence-electron chi connectivity index (χ4n) is 8.53. The molecule has 2 heteroatoms. The van der Waals surface area contributed by atoms with E-state index in [0.717, 1.165) is 11.4 Å². The van der Waals surface area contributed by atoms with Gasteiger partial charge in [-0.2, -0.15) is 0 Å². The fraction of sp³-hybridized carbons (Fsp3) is 0.136. The molecule has 0 heterocycles. The second-order valence-electron chi connectivity index (χ2n) is 12.6. The van der Waals surface area contributed by atoms with Crippen LogP contribution in [0.1, 0.15) is 52.1 Å². The third-order valence-electron chi connectivity index (χ3n) is 10.4. The van der Waals surface area contributed by atoms with E-state index < -0.39 is 5.41 Å². The van der Waals surface area contributed by atoms with Crippen molar-refractivity contribution in [3.8, 4) is 22.3 Å². The molecule has 0 spiro atoms. The molecule has 0 amide bonds. The predicted octanol–water partition coefficient (Wildman–Crippen LogP) is 10.7. The lowest BCUT2D eigenvalue weighted by molar-refractivity contribution is 0.406. The van der Waals surface area contributed by atoms with Crippen molar-refractivity contribution in [1.82, 2.24) is 0 Å². The molecule has 0 bridgehead atoms. The van der Waals surface area contributed by atoms with Gasteiger partial charge in [0.15, 0.2) is 0 Å². The number of benzene rings is 6. The zero-order chi connectivity index (χ0) is 31.3. The highest BCUT2D eigenvalue weighted by Crippen LogP contribution is 2.65. The largest absolute Gasteiger partial charge is 0.388 e. The lowest BCUT2D eigenvalue weighted by Gasteiger charge is -2.48. The molecule has 0 saturated carbocycles. The minimum atomic E-state index is -0.474. The molecule has 6 aromatic rings. The predicted molar refractivity (Wildman–Crippen MR) is 195 cm³/mol. The summed E-state index contributed by atoms with van der Waals surface area (Å²) in [6.45, 7) is 2.35. The normalized spacial score (nSPS) is 15.1. The number of fused-ring (bicyclic) bond motifs is 4. The Morgan fingerprint density at radius 3 is 1.54 bits per heavy atom. The first-order valence-electron chi connectivity index (χ1n) is 16.3. The van der Waals surface area contributed by atoms with Crippen LogP contribution in [0.15, 0.2) is 151 Å². The number of anilines is 2.